The Morgan fingerprint density at radius 3 is 2.23 bits per heavy atom. The van der Waals surface area contributed by atoms with Crippen LogP contribution in [0.1, 0.15) is 18.9 Å². The number of hydrogen-bond donors (Lipinski definition) is 2. The molecule has 1 atom stereocenters. The second-order valence-corrected chi connectivity index (χ2v) is 7.09. The lowest BCUT2D eigenvalue weighted by molar-refractivity contribution is -0.148. The number of likely N-dealkylation sites (N-methyl/N-ethyl adjacent to an activating group) is 1. The van der Waals surface area contributed by atoms with Crippen LogP contribution in [0.15, 0.2) is 30.3 Å². The topological polar surface area (TPSA) is 104 Å². The normalized spacial score (nSPS) is 14.4. The van der Waals surface area contributed by atoms with E-state index in [2.05, 4.69) is 5.32 Å². The quantitative estimate of drug-likeness (QED) is 0.753. The van der Waals surface area contributed by atoms with Crippen molar-refractivity contribution in [2.24, 2.45) is 0 Å². The van der Waals surface area contributed by atoms with Gasteiger partial charge in [-0.3, -0.25) is 4.79 Å². The summed E-state index contributed by atoms with van der Waals surface area (Å²) in [4.78, 5) is 23.8. The van der Waals surface area contributed by atoms with Gasteiger partial charge in [0.05, 0.1) is 12.8 Å². The van der Waals surface area contributed by atoms with Crippen molar-refractivity contribution in [3.8, 4) is 0 Å². The first-order valence-electron chi connectivity index (χ1n) is 6.64. The van der Waals surface area contributed by atoms with Crippen LogP contribution in [0.2, 0.25) is 0 Å². The minimum atomic E-state index is -3.52. The summed E-state index contributed by atoms with van der Waals surface area (Å²) in [5.74, 6) is -1.88. The van der Waals surface area contributed by atoms with Gasteiger partial charge in [-0.2, -0.15) is 4.31 Å². The molecule has 0 aliphatic carbocycles. The van der Waals surface area contributed by atoms with Crippen LogP contribution in [0, 0.1) is 0 Å². The van der Waals surface area contributed by atoms with Gasteiger partial charge in [0.1, 0.15) is 0 Å². The molecular formula is C14H20N2O5S. The summed E-state index contributed by atoms with van der Waals surface area (Å²) < 4.78 is 23.5. The summed E-state index contributed by atoms with van der Waals surface area (Å²) in [6.45, 7) is 1.20. The van der Waals surface area contributed by atoms with E-state index in [-0.39, 0.29) is 6.42 Å². The summed E-state index contributed by atoms with van der Waals surface area (Å²) in [6, 6.07) is 8.32. The maximum atomic E-state index is 12.1. The number of carboxylic acid groups (broad SMARTS) is 1. The molecule has 2 N–H and O–H groups in total. The van der Waals surface area contributed by atoms with Crippen molar-refractivity contribution in [3.63, 3.8) is 0 Å². The van der Waals surface area contributed by atoms with Crippen LogP contribution in [0.3, 0.4) is 0 Å². The number of nitrogens with one attached hydrogen (secondary N) is 1. The third kappa shape index (κ3) is 4.05. The predicted octanol–water partition coefficient (Wildman–Crippen LogP) is 0.384. The number of carbonyl (C=O) groups is 2. The van der Waals surface area contributed by atoms with Crippen molar-refractivity contribution in [2.75, 3.05) is 19.8 Å². The van der Waals surface area contributed by atoms with Gasteiger partial charge in [0.15, 0.2) is 5.54 Å². The number of carbonyl (C=O) groups excluding carboxylic acids is 1. The minimum Gasteiger partial charge on any atom is -0.479 e. The van der Waals surface area contributed by atoms with Gasteiger partial charge in [-0.1, -0.05) is 37.3 Å². The second-order valence-electron chi connectivity index (χ2n) is 5.00. The van der Waals surface area contributed by atoms with Gasteiger partial charge in [0.25, 0.3) is 0 Å². The van der Waals surface area contributed by atoms with Crippen LogP contribution in [-0.4, -0.2) is 49.6 Å². The molecule has 0 bridgehead atoms. The lowest BCUT2D eigenvalue weighted by atomic mass is 9.87. The molecule has 0 aliphatic heterocycles. The van der Waals surface area contributed by atoms with E-state index >= 15 is 0 Å². The smallest absolute Gasteiger partial charge is 0.334 e. The average molecular weight is 328 g/mol. The zero-order valence-electron chi connectivity index (χ0n) is 12.7. The zero-order valence-corrected chi connectivity index (χ0v) is 13.6. The van der Waals surface area contributed by atoms with Crippen LogP contribution in [0.4, 0.5) is 0 Å². The lowest BCUT2D eigenvalue weighted by Gasteiger charge is -2.30. The number of hydrogen-bond acceptors (Lipinski definition) is 4. The Balaban J connectivity index is 3.06. The van der Waals surface area contributed by atoms with Crippen molar-refractivity contribution in [1.82, 2.24) is 9.62 Å². The third-order valence-corrected chi connectivity index (χ3v) is 4.71. The van der Waals surface area contributed by atoms with Crippen LogP contribution in [0.5, 0.6) is 0 Å². The molecule has 7 nitrogen and oxygen atoms in total. The van der Waals surface area contributed by atoms with Crippen LogP contribution >= 0.6 is 0 Å². The number of benzene rings is 1. The summed E-state index contributed by atoms with van der Waals surface area (Å²) in [5.41, 5.74) is -1.16. The highest BCUT2D eigenvalue weighted by atomic mass is 32.2. The van der Waals surface area contributed by atoms with Crippen molar-refractivity contribution in [3.05, 3.63) is 35.9 Å². The van der Waals surface area contributed by atoms with E-state index in [0.29, 0.717) is 5.56 Å². The summed E-state index contributed by atoms with van der Waals surface area (Å²) in [6.07, 6.45) is 1.10. The fraction of sp³-hybridized carbons (Fsp3) is 0.429. The Bertz CT molecular complexity index is 644. The molecule has 22 heavy (non-hydrogen) atoms. The lowest BCUT2D eigenvalue weighted by Crippen LogP contribution is -2.53. The Morgan fingerprint density at radius 1 is 1.27 bits per heavy atom. The van der Waals surface area contributed by atoms with Crippen LogP contribution in [0.25, 0.3) is 0 Å². The second kappa shape index (κ2) is 6.89. The van der Waals surface area contributed by atoms with E-state index in [1.165, 1.54) is 7.05 Å². The van der Waals surface area contributed by atoms with Gasteiger partial charge in [0, 0.05) is 7.05 Å². The molecule has 0 fully saturated rings. The standard InChI is InChI=1S/C14H20N2O5S/c1-4-14(13(18)19,11-8-6-5-7-9-11)15-12(17)10-16(2)22(3,20)21/h5-9H,4,10H2,1-3H3,(H,15,17)(H,18,19). The molecular weight excluding hydrogens is 308 g/mol. The fourth-order valence-corrected chi connectivity index (χ4v) is 2.36. The molecule has 1 rings (SSSR count). The Labute approximate surface area is 130 Å². The van der Waals surface area contributed by atoms with Gasteiger partial charge >= 0.3 is 5.97 Å². The molecule has 122 valence electrons. The largest absolute Gasteiger partial charge is 0.479 e. The van der Waals surface area contributed by atoms with Gasteiger partial charge in [-0.05, 0) is 12.0 Å². The first-order valence-corrected chi connectivity index (χ1v) is 8.49. The predicted molar refractivity (Wildman–Crippen MR) is 81.7 cm³/mol. The van der Waals surface area contributed by atoms with Crippen LogP contribution in [-0.2, 0) is 25.2 Å². The number of aliphatic carboxylic acids is 1. The van der Waals surface area contributed by atoms with Gasteiger partial charge in [-0.25, -0.2) is 13.2 Å². The number of carboxylic acids is 1. The average Bonchev–Trinajstić information content (AvgIpc) is 2.44. The maximum Gasteiger partial charge on any atom is 0.334 e. The van der Waals surface area contributed by atoms with Crippen LogP contribution < -0.4 is 5.32 Å². The minimum absolute atomic E-state index is 0.126. The van der Waals surface area contributed by atoms with E-state index in [1.54, 1.807) is 37.3 Å². The molecule has 0 radical (unpaired) electrons. The van der Waals surface area contributed by atoms with E-state index in [4.69, 9.17) is 0 Å². The summed E-state index contributed by atoms with van der Waals surface area (Å²) >= 11 is 0. The molecule has 0 heterocycles. The van der Waals surface area contributed by atoms with Gasteiger partial charge < -0.3 is 10.4 Å². The number of sulfonamides is 1. The van der Waals surface area contributed by atoms with E-state index < -0.39 is 34.0 Å². The molecule has 1 amide bonds. The third-order valence-electron chi connectivity index (χ3n) is 3.45. The summed E-state index contributed by atoms with van der Waals surface area (Å²) in [7, 11) is -2.26. The highest BCUT2D eigenvalue weighted by Gasteiger charge is 2.40. The van der Waals surface area contributed by atoms with Gasteiger partial charge in [-0.15, -0.1) is 0 Å². The molecule has 0 saturated heterocycles. The van der Waals surface area contributed by atoms with E-state index in [1.807, 2.05) is 0 Å². The Kier molecular flexibility index (Phi) is 5.67. The van der Waals surface area contributed by atoms with Crippen molar-refractivity contribution >= 4 is 21.9 Å². The Morgan fingerprint density at radius 2 is 1.82 bits per heavy atom. The highest BCUT2D eigenvalue weighted by molar-refractivity contribution is 7.88. The van der Waals surface area contributed by atoms with E-state index in [9.17, 15) is 23.1 Å². The van der Waals surface area contributed by atoms with Crippen molar-refractivity contribution in [2.45, 2.75) is 18.9 Å². The number of rotatable bonds is 7. The molecule has 8 heteroatoms. The molecule has 0 aliphatic rings. The number of nitrogens with zero attached hydrogens (tertiary/aromatic N) is 1. The molecule has 1 aromatic rings. The Hall–Kier alpha value is -1.93. The summed E-state index contributed by atoms with van der Waals surface area (Å²) in [5, 5.41) is 12.0. The molecule has 1 unspecified atom stereocenters. The zero-order chi connectivity index (χ0) is 17.0. The van der Waals surface area contributed by atoms with E-state index in [0.717, 1.165) is 10.6 Å². The van der Waals surface area contributed by atoms with Gasteiger partial charge in [0.2, 0.25) is 15.9 Å². The monoisotopic (exact) mass is 328 g/mol. The first-order chi connectivity index (χ1) is 10.1. The van der Waals surface area contributed by atoms with Crippen molar-refractivity contribution < 1.29 is 23.1 Å². The molecule has 0 aromatic heterocycles. The first kappa shape index (κ1) is 18.1. The number of amides is 1. The molecule has 0 saturated carbocycles. The SMILES string of the molecule is CCC(NC(=O)CN(C)S(C)(=O)=O)(C(=O)O)c1ccccc1. The maximum absolute atomic E-state index is 12.1. The molecule has 0 spiro atoms. The van der Waals surface area contributed by atoms with Crippen molar-refractivity contribution in [1.29, 1.82) is 0 Å². The fourth-order valence-electron chi connectivity index (χ4n) is 2.01. The molecule has 1 aromatic carbocycles. The highest BCUT2D eigenvalue weighted by Crippen LogP contribution is 2.25.